The van der Waals surface area contributed by atoms with Crippen molar-refractivity contribution in [2.45, 2.75) is 25.1 Å². The van der Waals surface area contributed by atoms with Crippen molar-refractivity contribution in [3.63, 3.8) is 0 Å². The number of nitrogens with one attached hydrogen (secondary N) is 1. The molecule has 0 spiro atoms. The third-order valence-corrected chi connectivity index (χ3v) is 5.40. The van der Waals surface area contributed by atoms with Crippen LogP contribution in [-0.2, 0) is 13.0 Å². The number of benzene rings is 3. The number of imidazole rings is 1. The lowest BCUT2D eigenvalue weighted by Crippen LogP contribution is -2.23. The lowest BCUT2D eigenvalue weighted by atomic mass is 10.1. The van der Waals surface area contributed by atoms with Crippen LogP contribution in [0.3, 0.4) is 0 Å². The quantitative estimate of drug-likeness (QED) is 0.561. The third kappa shape index (κ3) is 2.94. The summed E-state index contributed by atoms with van der Waals surface area (Å²) in [6, 6.07) is 22.3. The Bertz CT molecular complexity index is 1140. The first kappa shape index (κ1) is 17.0. The second-order valence-electron chi connectivity index (χ2n) is 7.23. The fourth-order valence-corrected chi connectivity index (χ4v) is 4.01. The van der Waals surface area contributed by atoms with Gasteiger partial charge in [-0.1, -0.05) is 48.5 Å². The maximum absolute atomic E-state index is 13.3. The molecule has 0 unspecified atom stereocenters. The number of aromatic nitrogens is 2. The molecular weight excluding hydrogens is 353 g/mol. The van der Waals surface area contributed by atoms with E-state index in [4.69, 9.17) is 4.98 Å². The molecule has 0 bridgehead atoms. The molecule has 0 radical (unpaired) electrons. The first-order chi connectivity index (χ1) is 13.7. The molecular formula is C23H20FN3O. The van der Waals surface area contributed by atoms with Crippen LogP contribution in [0.1, 0.15) is 22.7 Å². The molecule has 0 saturated carbocycles. The molecule has 5 heteroatoms. The van der Waals surface area contributed by atoms with E-state index in [1.165, 1.54) is 12.1 Å². The van der Waals surface area contributed by atoms with Gasteiger partial charge in [0.15, 0.2) is 0 Å². The van der Waals surface area contributed by atoms with Gasteiger partial charge in [-0.3, -0.25) is 0 Å². The lowest BCUT2D eigenvalue weighted by Gasteiger charge is -2.20. The van der Waals surface area contributed by atoms with Gasteiger partial charge < -0.3 is 15.0 Å². The summed E-state index contributed by atoms with van der Waals surface area (Å²) < 4.78 is 15.4. The monoisotopic (exact) mass is 373 g/mol. The summed E-state index contributed by atoms with van der Waals surface area (Å²) in [4.78, 5) is 4.76. The molecule has 140 valence electrons. The fraction of sp³-hybridized carbons (Fsp3) is 0.174. The van der Waals surface area contributed by atoms with Gasteiger partial charge >= 0.3 is 0 Å². The Labute approximate surface area is 162 Å². The highest BCUT2D eigenvalue weighted by molar-refractivity contribution is 5.79. The minimum Gasteiger partial charge on any atom is -0.390 e. The van der Waals surface area contributed by atoms with E-state index in [9.17, 15) is 9.50 Å². The fourth-order valence-electron chi connectivity index (χ4n) is 4.01. The second-order valence-corrected chi connectivity index (χ2v) is 7.23. The van der Waals surface area contributed by atoms with E-state index in [1.54, 1.807) is 12.1 Å². The van der Waals surface area contributed by atoms with Crippen molar-refractivity contribution in [3.05, 3.63) is 95.3 Å². The van der Waals surface area contributed by atoms with Crippen LogP contribution in [0.4, 0.5) is 10.3 Å². The molecule has 28 heavy (non-hydrogen) atoms. The summed E-state index contributed by atoms with van der Waals surface area (Å²) in [6.07, 6.45) is 0.128. The van der Waals surface area contributed by atoms with E-state index in [2.05, 4.69) is 22.0 Å². The van der Waals surface area contributed by atoms with Crippen LogP contribution >= 0.6 is 0 Å². The predicted octanol–water partition coefficient (Wildman–Crippen LogP) is 4.29. The number of halogens is 1. The van der Waals surface area contributed by atoms with Crippen LogP contribution in [0.25, 0.3) is 11.0 Å². The van der Waals surface area contributed by atoms with Gasteiger partial charge in [-0.15, -0.1) is 0 Å². The number of rotatable bonds is 4. The summed E-state index contributed by atoms with van der Waals surface area (Å²) in [5, 5.41) is 14.1. The Morgan fingerprint density at radius 1 is 1.00 bits per heavy atom. The van der Waals surface area contributed by atoms with E-state index in [1.807, 2.05) is 36.4 Å². The van der Waals surface area contributed by atoms with Crippen LogP contribution in [0.2, 0.25) is 0 Å². The van der Waals surface area contributed by atoms with Crippen molar-refractivity contribution in [2.75, 3.05) is 5.32 Å². The van der Waals surface area contributed by atoms with Gasteiger partial charge in [0.1, 0.15) is 5.82 Å². The van der Waals surface area contributed by atoms with Gasteiger partial charge in [-0.25, -0.2) is 9.37 Å². The van der Waals surface area contributed by atoms with Gasteiger partial charge in [-0.2, -0.15) is 0 Å². The van der Waals surface area contributed by atoms with Crippen LogP contribution < -0.4 is 5.32 Å². The largest absolute Gasteiger partial charge is 0.390 e. The number of hydrogen-bond donors (Lipinski definition) is 2. The molecule has 0 saturated heterocycles. The Morgan fingerprint density at radius 3 is 2.61 bits per heavy atom. The number of para-hydroxylation sites is 2. The number of aliphatic hydroxyl groups excluding tert-OH is 1. The van der Waals surface area contributed by atoms with Crippen molar-refractivity contribution >= 4 is 17.0 Å². The Kier molecular flexibility index (Phi) is 4.10. The van der Waals surface area contributed by atoms with Crippen LogP contribution in [0, 0.1) is 5.82 Å². The van der Waals surface area contributed by atoms with E-state index < -0.39 is 6.10 Å². The van der Waals surface area contributed by atoms with Crippen molar-refractivity contribution in [2.24, 2.45) is 0 Å². The number of fused-ring (bicyclic) bond motifs is 2. The molecule has 0 fully saturated rings. The Hall–Kier alpha value is -3.18. The molecule has 0 amide bonds. The summed E-state index contributed by atoms with van der Waals surface area (Å²) in [5.41, 5.74) is 5.13. The van der Waals surface area contributed by atoms with Crippen LogP contribution in [0.5, 0.6) is 0 Å². The highest BCUT2D eigenvalue weighted by atomic mass is 19.1. The van der Waals surface area contributed by atoms with Gasteiger partial charge in [0.2, 0.25) is 5.95 Å². The number of nitrogens with zero attached hydrogens (tertiary/aromatic N) is 2. The molecule has 4 aromatic rings. The number of anilines is 1. The molecule has 1 aliphatic rings. The van der Waals surface area contributed by atoms with E-state index >= 15 is 0 Å². The summed E-state index contributed by atoms with van der Waals surface area (Å²) in [7, 11) is 0. The van der Waals surface area contributed by atoms with Crippen molar-refractivity contribution < 1.29 is 9.50 Å². The molecule has 2 N–H and O–H groups in total. The second kappa shape index (κ2) is 6.77. The smallest absolute Gasteiger partial charge is 0.204 e. The minimum absolute atomic E-state index is 0.208. The van der Waals surface area contributed by atoms with E-state index in [0.29, 0.717) is 18.9 Å². The zero-order chi connectivity index (χ0) is 19.1. The predicted molar refractivity (Wildman–Crippen MR) is 108 cm³/mol. The lowest BCUT2D eigenvalue weighted by molar-refractivity contribution is 0.165. The van der Waals surface area contributed by atoms with Crippen molar-refractivity contribution in [3.8, 4) is 0 Å². The summed E-state index contributed by atoms with van der Waals surface area (Å²) >= 11 is 0. The summed E-state index contributed by atoms with van der Waals surface area (Å²) in [6.45, 7) is 0.563. The molecule has 5 rings (SSSR count). The average Bonchev–Trinajstić information content (AvgIpc) is 3.21. The first-order valence-corrected chi connectivity index (χ1v) is 9.41. The van der Waals surface area contributed by atoms with Crippen molar-refractivity contribution in [1.29, 1.82) is 0 Å². The average molecular weight is 373 g/mol. The maximum Gasteiger partial charge on any atom is 0.204 e. The normalized spacial score (nSPS) is 18.4. The van der Waals surface area contributed by atoms with Crippen LogP contribution in [0.15, 0.2) is 72.8 Å². The Balaban J connectivity index is 1.55. The topological polar surface area (TPSA) is 50.1 Å². The highest BCUT2D eigenvalue weighted by Crippen LogP contribution is 2.34. The SMILES string of the molecule is O[C@H]1Cc2ccccc2[C@H]1Nc1nc2ccccc2n1Cc1ccc(F)cc1. The molecule has 1 aliphatic carbocycles. The number of hydrogen-bond acceptors (Lipinski definition) is 3. The van der Waals surface area contributed by atoms with E-state index in [-0.39, 0.29) is 11.9 Å². The molecule has 3 aromatic carbocycles. The summed E-state index contributed by atoms with van der Waals surface area (Å²) in [5.74, 6) is 0.453. The van der Waals surface area contributed by atoms with E-state index in [0.717, 1.165) is 27.7 Å². The first-order valence-electron chi connectivity index (χ1n) is 9.41. The van der Waals surface area contributed by atoms with Gasteiger partial charge in [0, 0.05) is 6.42 Å². The molecule has 0 aliphatic heterocycles. The van der Waals surface area contributed by atoms with Gasteiger partial charge in [-0.05, 0) is 41.0 Å². The Morgan fingerprint density at radius 2 is 1.75 bits per heavy atom. The third-order valence-electron chi connectivity index (χ3n) is 5.40. The molecule has 2 atom stereocenters. The zero-order valence-corrected chi connectivity index (χ0v) is 15.2. The van der Waals surface area contributed by atoms with Crippen molar-refractivity contribution in [1.82, 2.24) is 9.55 Å². The molecule has 1 heterocycles. The molecule has 4 nitrogen and oxygen atoms in total. The molecule has 1 aromatic heterocycles. The number of aliphatic hydroxyl groups is 1. The highest BCUT2D eigenvalue weighted by Gasteiger charge is 2.31. The minimum atomic E-state index is -0.503. The van der Waals surface area contributed by atoms with Gasteiger partial charge in [0.05, 0.1) is 29.7 Å². The van der Waals surface area contributed by atoms with Gasteiger partial charge in [0.25, 0.3) is 0 Å². The maximum atomic E-state index is 13.3. The standard InChI is InChI=1S/C23H20FN3O/c24-17-11-9-15(10-12-17)14-27-20-8-4-3-7-19(20)25-23(27)26-22-18-6-2-1-5-16(18)13-21(22)28/h1-12,21-22,28H,13-14H2,(H,25,26)/t21-,22+/m0/s1. The van der Waals surface area contributed by atoms with Crippen LogP contribution in [-0.4, -0.2) is 20.8 Å². The zero-order valence-electron chi connectivity index (χ0n) is 15.2.